The first-order valence-corrected chi connectivity index (χ1v) is 6.83. The molecule has 0 heterocycles. The Labute approximate surface area is 103 Å². The van der Waals surface area contributed by atoms with Gasteiger partial charge >= 0.3 is 0 Å². The van der Waals surface area contributed by atoms with Crippen molar-refractivity contribution in [1.29, 1.82) is 0 Å². The Morgan fingerprint density at radius 2 is 0.938 bits per heavy atom. The van der Waals surface area contributed by atoms with Crippen molar-refractivity contribution in [3.63, 3.8) is 0 Å². The highest BCUT2D eigenvalue weighted by atomic mass is 15.1. The maximum atomic E-state index is 3.60. The Morgan fingerprint density at radius 3 is 1.19 bits per heavy atom. The summed E-state index contributed by atoms with van der Waals surface area (Å²) >= 11 is 0. The van der Waals surface area contributed by atoms with Crippen LogP contribution in [0.5, 0.6) is 0 Å². The number of nitrogens with one attached hydrogen (secondary N) is 2. The van der Waals surface area contributed by atoms with Crippen molar-refractivity contribution >= 4 is 0 Å². The van der Waals surface area contributed by atoms with Gasteiger partial charge in [0.25, 0.3) is 0 Å². The molecule has 0 aliphatic carbocycles. The first-order chi connectivity index (χ1) is 7.31. The van der Waals surface area contributed by atoms with E-state index in [-0.39, 0.29) is 0 Å². The molecule has 0 saturated heterocycles. The summed E-state index contributed by atoms with van der Waals surface area (Å²) in [4.78, 5) is 0. The highest BCUT2D eigenvalue weighted by Crippen LogP contribution is 2.06. The first-order valence-electron chi connectivity index (χ1n) is 6.83. The summed E-state index contributed by atoms with van der Waals surface area (Å²) in [6.07, 6.45) is 2.89. The van der Waals surface area contributed by atoms with Gasteiger partial charge in [0.05, 0.1) is 6.17 Å². The zero-order valence-corrected chi connectivity index (χ0v) is 12.3. The van der Waals surface area contributed by atoms with Crippen LogP contribution < -0.4 is 10.6 Å². The van der Waals surface area contributed by atoms with Gasteiger partial charge in [-0.25, -0.2) is 0 Å². The van der Waals surface area contributed by atoms with Crippen LogP contribution in [0.25, 0.3) is 0 Å². The largest absolute Gasteiger partial charge is 0.300 e. The summed E-state index contributed by atoms with van der Waals surface area (Å²) in [5.74, 6) is 1.53. The van der Waals surface area contributed by atoms with Crippen molar-refractivity contribution in [3.8, 4) is 0 Å². The lowest BCUT2D eigenvalue weighted by molar-refractivity contribution is 0.323. The third kappa shape index (κ3) is 9.17. The molecule has 98 valence electrons. The average molecular weight is 228 g/mol. The molecule has 0 saturated carbocycles. The van der Waals surface area contributed by atoms with Gasteiger partial charge in [-0.1, -0.05) is 27.7 Å². The van der Waals surface area contributed by atoms with Crippen molar-refractivity contribution in [2.75, 3.05) is 0 Å². The van der Waals surface area contributed by atoms with Crippen molar-refractivity contribution in [3.05, 3.63) is 0 Å². The number of hydrogen-bond donors (Lipinski definition) is 2. The Bertz CT molecular complexity index is 148. The van der Waals surface area contributed by atoms with Crippen molar-refractivity contribution in [1.82, 2.24) is 10.6 Å². The standard InChI is InChI=1S/C14H32N2/c1-10(2)8-12(5)15-14(7)16-13(6)9-11(3)4/h10-16H,8-9H2,1-7H3. The molecule has 0 fully saturated rings. The molecule has 2 atom stereocenters. The second kappa shape index (κ2) is 8.08. The minimum absolute atomic E-state index is 0.405. The molecule has 0 aliphatic heterocycles. The molecule has 0 aromatic carbocycles. The summed E-state index contributed by atoms with van der Waals surface area (Å²) in [6.45, 7) is 15.9. The zero-order valence-electron chi connectivity index (χ0n) is 12.3. The monoisotopic (exact) mass is 228 g/mol. The van der Waals surface area contributed by atoms with E-state index in [1.165, 1.54) is 12.8 Å². The Morgan fingerprint density at radius 1 is 0.625 bits per heavy atom. The summed E-state index contributed by atoms with van der Waals surface area (Å²) in [7, 11) is 0. The van der Waals surface area contributed by atoms with E-state index in [1.807, 2.05) is 0 Å². The molecule has 0 radical (unpaired) electrons. The Hall–Kier alpha value is -0.0800. The molecule has 0 aromatic heterocycles. The van der Waals surface area contributed by atoms with Crippen LogP contribution >= 0.6 is 0 Å². The van der Waals surface area contributed by atoms with E-state index in [2.05, 4.69) is 59.1 Å². The van der Waals surface area contributed by atoms with Crippen molar-refractivity contribution < 1.29 is 0 Å². The molecule has 0 aromatic rings. The molecular formula is C14H32N2. The van der Waals surface area contributed by atoms with E-state index in [4.69, 9.17) is 0 Å². The van der Waals surface area contributed by atoms with Crippen LogP contribution in [0.4, 0.5) is 0 Å². The summed E-state index contributed by atoms with van der Waals surface area (Å²) in [5, 5.41) is 7.21. The van der Waals surface area contributed by atoms with Gasteiger partial charge in [-0.15, -0.1) is 0 Å². The molecule has 0 spiro atoms. The number of hydrogen-bond acceptors (Lipinski definition) is 2. The first kappa shape index (κ1) is 15.9. The van der Waals surface area contributed by atoms with Crippen LogP contribution in [-0.4, -0.2) is 18.2 Å². The van der Waals surface area contributed by atoms with Crippen LogP contribution in [0, 0.1) is 11.8 Å². The van der Waals surface area contributed by atoms with E-state index in [0.29, 0.717) is 18.2 Å². The minimum Gasteiger partial charge on any atom is -0.300 e. The topological polar surface area (TPSA) is 24.1 Å². The lowest BCUT2D eigenvalue weighted by Gasteiger charge is -2.26. The van der Waals surface area contributed by atoms with Gasteiger partial charge in [0, 0.05) is 12.1 Å². The molecule has 16 heavy (non-hydrogen) atoms. The zero-order chi connectivity index (χ0) is 12.7. The minimum atomic E-state index is 0.405. The Kier molecular flexibility index (Phi) is 8.04. The van der Waals surface area contributed by atoms with Gasteiger partial charge in [-0.05, 0) is 45.4 Å². The maximum Gasteiger partial charge on any atom is 0.0546 e. The fraction of sp³-hybridized carbons (Fsp3) is 1.00. The van der Waals surface area contributed by atoms with Gasteiger partial charge in [-0.2, -0.15) is 0 Å². The summed E-state index contributed by atoms with van der Waals surface area (Å²) < 4.78 is 0. The predicted molar refractivity (Wildman–Crippen MR) is 73.6 cm³/mol. The van der Waals surface area contributed by atoms with Crippen LogP contribution in [0.3, 0.4) is 0 Å². The van der Waals surface area contributed by atoms with Gasteiger partial charge in [0.15, 0.2) is 0 Å². The van der Waals surface area contributed by atoms with Crippen molar-refractivity contribution in [2.24, 2.45) is 11.8 Å². The quantitative estimate of drug-likeness (QED) is 0.622. The lowest BCUT2D eigenvalue weighted by atomic mass is 10.0. The molecule has 2 unspecified atom stereocenters. The van der Waals surface area contributed by atoms with Crippen LogP contribution in [0.2, 0.25) is 0 Å². The van der Waals surface area contributed by atoms with Crippen LogP contribution in [0.1, 0.15) is 61.3 Å². The molecule has 0 aliphatic rings. The molecule has 2 heteroatoms. The van der Waals surface area contributed by atoms with Gasteiger partial charge < -0.3 is 0 Å². The van der Waals surface area contributed by atoms with E-state index in [1.54, 1.807) is 0 Å². The fourth-order valence-corrected chi connectivity index (χ4v) is 2.45. The smallest absolute Gasteiger partial charge is 0.0546 e. The predicted octanol–water partition coefficient (Wildman–Crippen LogP) is 3.38. The third-order valence-electron chi connectivity index (χ3n) is 2.72. The number of rotatable bonds is 8. The van der Waals surface area contributed by atoms with Crippen molar-refractivity contribution in [2.45, 2.75) is 79.6 Å². The fourth-order valence-electron chi connectivity index (χ4n) is 2.45. The normalized spacial score (nSPS) is 17.8. The molecule has 0 rings (SSSR count). The van der Waals surface area contributed by atoms with Gasteiger partial charge in [0.1, 0.15) is 0 Å². The summed E-state index contributed by atoms with van der Waals surface area (Å²) in [5.41, 5.74) is 0. The molecule has 2 nitrogen and oxygen atoms in total. The van der Waals surface area contributed by atoms with Crippen LogP contribution in [-0.2, 0) is 0 Å². The average Bonchev–Trinajstić information content (AvgIpc) is 1.97. The highest BCUT2D eigenvalue weighted by Gasteiger charge is 2.11. The third-order valence-corrected chi connectivity index (χ3v) is 2.72. The van der Waals surface area contributed by atoms with E-state index >= 15 is 0 Å². The Balaban J connectivity index is 3.75. The van der Waals surface area contributed by atoms with Gasteiger partial charge in [-0.3, -0.25) is 10.6 Å². The second-order valence-electron chi connectivity index (χ2n) is 6.12. The molecule has 0 amide bonds. The maximum absolute atomic E-state index is 3.60. The van der Waals surface area contributed by atoms with Crippen LogP contribution in [0.15, 0.2) is 0 Å². The summed E-state index contributed by atoms with van der Waals surface area (Å²) in [6, 6.07) is 1.18. The molecule has 2 N–H and O–H groups in total. The second-order valence-corrected chi connectivity index (χ2v) is 6.12. The van der Waals surface area contributed by atoms with E-state index < -0.39 is 0 Å². The van der Waals surface area contributed by atoms with E-state index in [0.717, 1.165) is 11.8 Å². The molecule has 0 bridgehead atoms. The van der Waals surface area contributed by atoms with E-state index in [9.17, 15) is 0 Å². The molecular weight excluding hydrogens is 196 g/mol. The SMILES string of the molecule is CC(C)CC(C)NC(C)NC(C)CC(C)C. The lowest BCUT2D eigenvalue weighted by Crippen LogP contribution is -2.48. The van der Waals surface area contributed by atoms with Gasteiger partial charge in [0.2, 0.25) is 0 Å². The highest BCUT2D eigenvalue weighted by molar-refractivity contribution is 4.71.